The molecule has 14 heavy (non-hydrogen) atoms. The van der Waals surface area contributed by atoms with Gasteiger partial charge in [-0.3, -0.25) is 4.79 Å². The van der Waals surface area contributed by atoms with Crippen LogP contribution in [0.5, 0.6) is 0 Å². The zero-order chi connectivity index (χ0) is 10.2. The molecule has 0 unspecified atom stereocenters. The minimum Gasteiger partial charge on any atom is -0.355 e. The number of carbonyl (C=O) groups is 1. The van der Waals surface area contributed by atoms with E-state index in [-0.39, 0.29) is 12.3 Å². The van der Waals surface area contributed by atoms with E-state index in [1.54, 1.807) is 18.5 Å². The number of aryl methyl sites for hydroxylation is 1. The maximum absolute atomic E-state index is 10.8. The topological polar surface area (TPSA) is 81.6 Å². The van der Waals surface area contributed by atoms with Crippen molar-refractivity contribution >= 4 is 5.91 Å². The van der Waals surface area contributed by atoms with Gasteiger partial charge in [0.15, 0.2) is 0 Å². The summed E-state index contributed by atoms with van der Waals surface area (Å²) in [5.41, 5.74) is 0. The highest BCUT2D eigenvalue weighted by Crippen LogP contribution is 1.93. The van der Waals surface area contributed by atoms with E-state index in [0.29, 0.717) is 6.54 Å². The number of aromatic nitrogens is 2. The summed E-state index contributed by atoms with van der Waals surface area (Å²) < 4.78 is 0. The third-order valence-electron chi connectivity index (χ3n) is 1.71. The molecule has 0 aliphatic rings. The van der Waals surface area contributed by atoms with E-state index in [4.69, 9.17) is 5.26 Å². The Morgan fingerprint density at radius 2 is 2.57 bits per heavy atom. The van der Waals surface area contributed by atoms with Crippen LogP contribution >= 0.6 is 0 Å². The number of nitrogens with one attached hydrogen (secondary N) is 2. The molecule has 0 bridgehead atoms. The molecule has 0 saturated carbocycles. The summed E-state index contributed by atoms with van der Waals surface area (Å²) in [7, 11) is 0. The van der Waals surface area contributed by atoms with Crippen molar-refractivity contribution in [1.29, 1.82) is 5.26 Å². The standard InChI is InChI=1S/C9H12N4O/c10-4-3-9(14)13-5-1-2-8-11-6-7-12-8/h6-7H,1-3,5H2,(H,11,12)(H,13,14). The molecule has 0 saturated heterocycles. The minimum absolute atomic E-state index is 0.0687. The largest absolute Gasteiger partial charge is 0.355 e. The molecule has 5 heteroatoms. The number of H-pyrrole nitrogens is 1. The summed E-state index contributed by atoms with van der Waals surface area (Å²) in [5, 5.41) is 10.9. The molecule has 0 aliphatic carbocycles. The van der Waals surface area contributed by atoms with Gasteiger partial charge in [-0.15, -0.1) is 0 Å². The lowest BCUT2D eigenvalue weighted by Crippen LogP contribution is -2.23. The minimum atomic E-state index is -0.216. The van der Waals surface area contributed by atoms with Gasteiger partial charge in [0, 0.05) is 25.4 Å². The predicted molar refractivity (Wildman–Crippen MR) is 50.1 cm³/mol. The highest BCUT2D eigenvalue weighted by atomic mass is 16.1. The van der Waals surface area contributed by atoms with Crippen LogP contribution in [0.4, 0.5) is 0 Å². The van der Waals surface area contributed by atoms with Crippen LogP contribution in [-0.4, -0.2) is 22.4 Å². The monoisotopic (exact) mass is 192 g/mol. The third kappa shape index (κ3) is 3.72. The first-order valence-electron chi connectivity index (χ1n) is 4.45. The predicted octanol–water partition coefficient (Wildman–Crippen LogP) is 0.372. The van der Waals surface area contributed by atoms with Gasteiger partial charge in [-0.2, -0.15) is 5.26 Å². The lowest BCUT2D eigenvalue weighted by molar-refractivity contribution is -0.120. The van der Waals surface area contributed by atoms with Crippen molar-refractivity contribution < 1.29 is 4.79 Å². The van der Waals surface area contributed by atoms with Crippen molar-refractivity contribution in [3.63, 3.8) is 0 Å². The van der Waals surface area contributed by atoms with Gasteiger partial charge in [-0.05, 0) is 6.42 Å². The first kappa shape index (κ1) is 10.3. The summed E-state index contributed by atoms with van der Waals surface area (Å²) in [6, 6.07) is 1.79. The van der Waals surface area contributed by atoms with Crippen LogP contribution in [-0.2, 0) is 11.2 Å². The fourth-order valence-electron chi connectivity index (χ4n) is 1.05. The summed E-state index contributed by atoms with van der Waals surface area (Å²) in [4.78, 5) is 17.9. The molecule has 1 heterocycles. The molecule has 1 aromatic heterocycles. The fourth-order valence-corrected chi connectivity index (χ4v) is 1.05. The Balaban J connectivity index is 2.06. The zero-order valence-corrected chi connectivity index (χ0v) is 7.79. The van der Waals surface area contributed by atoms with Crippen molar-refractivity contribution in [2.75, 3.05) is 6.54 Å². The number of hydrogen-bond donors (Lipinski definition) is 2. The number of rotatable bonds is 5. The molecule has 0 radical (unpaired) electrons. The quantitative estimate of drug-likeness (QED) is 0.661. The maximum Gasteiger partial charge on any atom is 0.234 e. The molecular formula is C9H12N4O. The SMILES string of the molecule is N#CCC(=O)NCCCc1ncc[nH]1. The van der Waals surface area contributed by atoms with E-state index in [1.807, 2.05) is 0 Å². The molecule has 1 aromatic rings. The van der Waals surface area contributed by atoms with Crippen molar-refractivity contribution in [2.45, 2.75) is 19.3 Å². The van der Waals surface area contributed by atoms with Gasteiger partial charge in [0.2, 0.25) is 5.91 Å². The van der Waals surface area contributed by atoms with E-state index < -0.39 is 0 Å². The summed E-state index contributed by atoms with van der Waals surface area (Å²) >= 11 is 0. The average Bonchev–Trinajstić information content (AvgIpc) is 2.65. The zero-order valence-electron chi connectivity index (χ0n) is 7.79. The van der Waals surface area contributed by atoms with Crippen molar-refractivity contribution in [3.05, 3.63) is 18.2 Å². The fraction of sp³-hybridized carbons (Fsp3) is 0.444. The number of hydrogen-bond acceptors (Lipinski definition) is 3. The Labute approximate surface area is 82.2 Å². The van der Waals surface area contributed by atoms with Crippen LogP contribution < -0.4 is 5.32 Å². The smallest absolute Gasteiger partial charge is 0.234 e. The molecule has 1 rings (SSSR count). The molecule has 0 spiro atoms. The number of aromatic amines is 1. The van der Waals surface area contributed by atoms with Crippen molar-refractivity contribution in [2.24, 2.45) is 0 Å². The van der Waals surface area contributed by atoms with E-state index >= 15 is 0 Å². The second-order valence-corrected chi connectivity index (χ2v) is 2.82. The van der Waals surface area contributed by atoms with Crippen LogP contribution in [0.15, 0.2) is 12.4 Å². The molecule has 0 fully saturated rings. The van der Waals surface area contributed by atoms with Crippen LogP contribution in [0.25, 0.3) is 0 Å². The Kier molecular flexibility index (Phi) is 4.21. The normalized spacial score (nSPS) is 9.36. The van der Waals surface area contributed by atoms with Gasteiger partial charge in [0.05, 0.1) is 6.07 Å². The van der Waals surface area contributed by atoms with Crippen molar-refractivity contribution in [3.8, 4) is 6.07 Å². The van der Waals surface area contributed by atoms with E-state index in [1.165, 1.54) is 0 Å². The number of nitriles is 1. The molecule has 74 valence electrons. The number of nitrogens with zero attached hydrogens (tertiary/aromatic N) is 2. The van der Waals surface area contributed by atoms with Gasteiger partial charge in [-0.25, -0.2) is 4.98 Å². The average molecular weight is 192 g/mol. The van der Waals surface area contributed by atoms with E-state index in [0.717, 1.165) is 18.7 Å². The highest BCUT2D eigenvalue weighted by Gasteiger charge is 1.99. The third-order valence-corrected chi connectivity index (χ3v) is 1.71. The molecule has 0 atom stereocenters. The lowest BCUT2D eigenvalue weighted by Gasteiger charge is -2.00. The van der Waals surface area contributed by atoms with Gasteiger partial charge in [0.25, 0.3) is 0 Å². The Hall–Kier alpha value is -1.83. The number of amides is 1. The van der Waals surface area contributed by atoms with E-state index in [2.05, 4.69) is 15.3 Å². The number of imidazole rings is 1. The number of carbonyl (C=O) groups excluding carboxylic acids is 1. The van der Waals surface area contributed by atoms with Crippen LogP contribution in [0.3, 0.4) is 0 Å². The second-order valence-electron chi connectivity index (χ2n) is 2.82. The van der Waals surface area contributed by atoms with Gasteiger partial charge in [0.1, 0.15) is 12.2 Å². The highest BCUT2D eigenvalue weighted by molar-refractivity contribution is 5.77. The van der Waals surface area contributed by atoms with Crippen LogP contribution in [0.2, 0.25) is 0 Å². The Morgan fingerprint density at radius 3 is 3.21 bits per heavy atom. The molecule has 0 aromatic carbocycles. The van der Waals surface area contributed by atoms with Gasteiger partial charge >= 0.3 is 0 Å². The summed E-state index contributed by atoms with van der Waals surface area (Å²) in [5.74, 6) is 0.700. The second kappa shape index (κ2) is 5.75. The molecule has 0 aliphatic heterocycles. The lowest BCUT2D eigenvalue weighted by atomic mass is 10.3. The summed E-state index contributed by atoms with van der Waals surface area (Å²) in [6.45, 7) is 0.585. The molecule has 2 N–H and O–H groups in total. The molecule has 1 amide bonds. The first-order chi connectivity index (χ1) is 6.83. The van der Waals surface area contributed by atoms with Gasteiger partial charge < -0.3 is 10.3 Å². The Bertz CT molecular complexity index is 312. The van der Waals surface area contributed by atoms with Gasteiger partial charge in [-0.1, -0.05) is 0 Å². The summed E-state index contributed by atoms with van der Waals surface area (Å²) in [6.07, 6.45) is 5.03. The first-order valence-corrected chi connectivity index (χ1v) is 4.45. The van der Waals surface area contributed by atoms with E-state index in [9.17, 15) is 4.79 Å². The maximum atomic E-state index is 10.8. The van der Waals surface area contributed by atoms with Crippen LogP contribution in [0.1, 0.15) is 18.7 Å². The van der Waals surface area contributed by atoms with Crippen LogP contribution in [0, 0.1) is 11.3 Å². The molecular weight excluding hydrogens is 180 g/mol. The Morgan fingerprint density at radius 1 is 1.71 bits per heavy atom. The van der Waals surface area contributed by atoms with Crippen molar-refractivity contribution in [1.82, 2.24) is 15.3 Å². The molecule has 5 nitrogen and oxygen atoms in total.